The molecule has 4 heteroatoms. The summed E-state index contributed by atoms with van der Waals surface area (Å²) in [5.74, 6) is 0.712. The van der Waals surface area contributed by atoms with E-state index in [0.29, 0.717) is 18.0 Å². The van der Waals surface area contributed by atoms with Crippen LogP contribution in [0.15, 0.2) is 30.3 Å². The van der Waals surface area contributed by atoms with Gasteiger partial charge < -0.3 is 15.4 Å². The molecule has 1 amide bonds. The summed E-state index contributed by atoms with van der Waals surface area (Å²) in [5.41, 5.74) is 1.03. The van der Waals surface area contributed by atoms with E-state index in [-0.39, 0.29) is 12.1 Å². The monoisotopic (exact) mass is 316 g/mol. The molecule has 2 N–H and O–H groups in total. The average molecular weight is 316 g/mol. The quantitative estimate of drug-likeness (QED) is 0.892. The van der Waals surface area contributed by atoms with Gasteiger partial charge >= 0.3 is 6.09 Å². The second-order valence-corrected chi connectivity index (χ2v) is 7.95. The number of benzene rings is 1. The highest BCUT2D eigenvalue weighted by atomic mass is 16.6. The van der Waals surface area contributed by atoms with E-state index in [9.17, 15) is 4.79 Å². The van der Waals surface area contributed by atoms with Crippen molar-refractivity contribution in [2.24, 2.45) is 0 Å². The summed E-state index contributed by atoms with van der Waals surface area (Å²) in [4.78, 5) is 11.7. The van der Waals surface area contributed by atoms with Crippen LogP contribution in [0.25, 0.3) is 0 Å². The molecule has 0 unspecified atom stereocenters. The zero-order chi connectivity index (χ0) is 16.4. The molecule has 0 spiro atoms. The Morgan fingerprint density at radius 3 is 2.22 bits per heavy atom. The predicted octanol–water partition coefficient (Wildman–Crippen LogP) is 3.58. The first-order valence-corrected chi connectivity index (χ1v) is 8.69. The minimum Gasteiger partial charge on any atom is -0.444 e. The fourth-order valence-electron chi connectivity index (χ4n) is 3.43. The fourth-order valence-corrected chi connectivity index (χ4v) is 3.43. The molecule has 2 saturated carbocycles. The van der Waals surface area contributed by atoms with Gasteiger partial charge in [-0.25, -0.2) is 4.79 Å². The standard InChI is InChI=1S/C19H28N2O2/c1-19(2,3)23-18(22)21-17-11-16(12-17)20-15-9-14(10-15)13-7-5-4-6-8-13/h4-8,14-17,20H,9-12H2,1-3H3,(H,21,22). The van der Waals surface area contributed by atoms with Gasteiger partial charge in [-0.1, -0.05) is 30.3 Å². The van der Waals surface area contributed by atoms with Gasteiger partial charge in [0.15, 0.2) is 0 Å². The van der Waals surface area contributed by atoms with Crippen molar-refractivity contribution in [2.75, 3.05) is 0 Å². The first-order valence-electron chi connectivity index (χ1n) is 8.69. The number of hydrogen-bond donors (Lipinski definition) is 2. The molecule has 0 heterocycles. The van der Waals surface area contributed by atoms with E-state index in [1.54, 1.807) is 0 Å². The Bertz CT molecular complexity index is 526. The molecule has 0 aromatic heterocycles. The van der Waals surface area contributed by atoms with Crippen LogP contribution < -0.4 is 10.6 Å². The zero-order valence-electron chi connectivity index (χ0n) is 14.3. The van der Waals surface area contributed by atoms with Crippen molar-refractivity contribution in [3.8, 4) is 0 Å². The van der Waals surface area contributed by atoms with Crippen molar-refractivity contribution in [1.29, 1.82) is 0 Å². The van der Waals surface area contributed by atoms with Crippen molar-refractivity contribution in [3.05, 3.63) is 35.9 Å². The van der Waals surface area contributed by atoms with Crippen LogP contribution in [0.5, 0.6) is 0 Å². The number of ether oxygens (including phenoxy) is 1. The van der Waals surface area contributed by atoms with Crippen LogP contribution in [-0.4, -0.2) is 29.8 Å². The molecule has 2 fully saturated rings. The van der Waals surface area contributed by atoms with Crippen molar-refractivity contribution >= 4 is 6.09 Å². The van der Waals surface area contributed by atoms with Gasteiger partial charge in [-0.15, -0.1) is 0 Å². The molecule has 2 aliphatic rings. The maximum Gasteiger partial charge on any atom is 0.407 e. The Kier molecular flexibility index (Phi) is 4.62. The average Bonchev–Trinajstić information content (AvgIpc) is 2.37. The molecular weight excluding hydrogens is 288 g/mol. The molecule has 0 radical (unpaired) electrons. The Morgan fingerprint density at radius 1 is 1.00 bits per heavy atom. The minimum atomic E-state index is -0.427. The number of carbonyl (C=O) groups excluding carboxylic acids is 1. The van der Waals surface area contributed by atoms with Crippen LogP contribution in [0.2, 0.25) is 0 Å². The number of carbonyl (C=O) groups is 1. The third-order valence-electron chi connectivity index (χ3n) is 4.74. The summed E-state index contributed by atoms with van der Waals surface area (Å²) in [6.07, 6.45) is 4.17. The summed E-state index contributed by atoms with van der Waals surface area (Å²) < 4.78 is 5.29. The van der Waals surface area contributed by atoms with E-state index >= 15 is 0 Å². The second-order valence-electron chi connectivity index (χ2n) is 7.95. The number of amides is 1. The SMILES string of the molecule is CC(C)(C)OC(=O)NC1CC(NC2CC(c3ccccc3)C2)C1. The number of rotatable bonds is 4. The number of hydrogen-bond acceptors (Lipinski definition) is 3. The van der Waals surface area contributed by atoms with Crippen molar-refractivity contribution < 1.29 is 9.53 Å². The van der Waals surface area contributed by atoms with E-state index in [1.165, 1.54) is 18.4 Å². The third-order valence-corrected chi connectivity index (χ3v) is 4.74. The molecule has 0 saturated heterocycles. The van der Waals surface area contributed by atoms with Crippen LogP contribution in [0, 0.1) is 0 Å². The molecule has 3 rings (SSSR count). The first-order chi connectivity index (χ1) is 10.9. The van der Waals surface area contributed by atoms with Gasteiger partial charge in [0.25, 0.3) is 0 Å². The maximum absolute atomic E-state index is 11.7. The molecular formula is C19H28N2O2. The van der Waals surface area contributed by atoms with Gasteiger partial charge in [0, 0.05) is 18.1 Å². The highest BCUT2D eigenvalue weighted by Crippen LogP contribution is 2.38. The highest BCUT2D eigenvalue weighted by Gasteiger charge is 2.37. The Balaban J connectivity index is 1.31. The lowest BCUT2D eigenvalue weighted by Crippen LogP contribution is -2.57. The molecule has 0 aliphatic heterocycles. The minimum absolute atomic E-state index is 0.257. The maximum atomic E-state index is 11.7. The summed E-state index contributed by atoms with van der Waals surface area (Å²) in [6, 6.07) is 12.2. The van der Waals surface area contributed by atoms with Gasteiger partial charge in [-0.05, 0) is 57.9 Å². The summed E-state index contributed by atoms with van der Waals surface area (Å²) in [7, 11) is 0. The van der Waals surface area contributed by atoms with Crippen LogP contribution in [0.1, 0.15) is 57.9 Å². The molecule has 1 aromatic carbocycles. The first kappa shape index (κ1) is 16.3. The van der Waals surface area contributed by atoms with E-state index < -0.39 is 5.60 Å². The molecule has 23 heavy (non-hydrogen) atoms. The Hall–Kier alpha value is -1.55. The summed E-state index contributed by atoms with van der Waals surface area (Å²) >= 11 is 0. The highest BCUT2D eigenvalue weighted by molar-refractivity contribution is 5.68. The third kappa shape index (κ3) is 4.47. The second kappa shape index (κ2) is 6.52. The molecule has 0 bridgehead atoms. The van der Waals surface area contributed by atoms with Crippen LogP contribution in [0.3, 0.4) is 0 Å². The van der Waals surface area contributed by atoms with Gasteiger partial charge in [0.2, 0.25) is 0 Å². The number of alkyl carbamates (subject to hydrolysis) is 1. The topological polar surface area (TPSA) is 50.4 Å². The molecule has 4 nitrogen and oxygen atoms in total. The summed E-state index contributed by atoms with van der Waals surface area (Å²) in [5, 5.41) is 6.66. The molecule has 1 aromatic rings. The van der Waals surface area contributed by atoms with Crippen LogP contribution in [0.4, 0.5) is 4.79 Å². The van der Waals surface area contributed by atoms with Gasteiger partial charge in [-0.3, -0.25) is 0 Å². The van der Waals surface area contributed by atoms with E-state index in [1.807, 2.05) is 20.8 Å². The predicted molar refractivity (Wildman–Crippen MR) is 91.5 cm³/mol. The smallest absolute Gasteiger partial charge is 0.407 e. The van der Waals surface area contributed by atoms with E-state index in [0.717, 1.165) is 12.8 Å². The lowest BCUT2D eigenvalue weighted by Gasteiger charge is -2.44. The fraction of sp³-hybridized carbons (Fsp3) is 0.632. The van der Waals surface area contributed by atoms with Gasteiger partial charge in [0.1, 0.15) is 5.60 Å². The van der Waals surface area contributed by atoms with Crippen molar-refractivity contribution in [2.45, 2.75) is 76.1 Å². The lowest BCUT2D eigenvalue weighted by molar-refractivity contribution is 0.0458. The van der Waals surface area contributed by atoms with Crippen molar-refractivity contribution in [1.82, 2.24) is 10.6 Å². The normalized spacial score (nSPS) is 30.0. The van der Waals surface area contributed by atoms with Crippen LogP contribution in [-0.2, 0) is 4.74 Å². The lowest BCUT2D eigenvalue weighted by atomic mass is 9.74. The van der Waals surface area contributed by atoms with Gasteiger partial charge in [-0.2, -0.15) is 0 Å². The van der Waals surface area contributed by atoms with E-state index in [4.69, 9.17) is 4.74 Å². The molecule has 0 atom stereocenters. The zero-order valence-corrected chi connectivity index (χ0v) is 14.3. The molecule has 126 valence electrons. The van der Waals surface area contributed by atoms with Gasteiger partial charge in [0.05, 0.1) is 0 Å². The largest absolute Gasteiger partial charge is 0.444 e. The van der Waals surface area contributed by atoms with E-state index in [2.05, 4.69) is 41.0 Å². The summed E-state index contributed by atoms with van der Waals surface area (Å²) in [6.45, 7) is 5.66. The van der Waals surface area contributed by atoms with Crippen LogP contribution >= 0.6 is 0 Å². The van der Waals surface area contributed by atoms with Crippen molar-refractivity contribution in [3.63, 3.8) is 0 Å². The molecule has 2 aliphatic carbocycles. The Morgan fingerprint density at radius 2 is 1.61 bits per heavy atom. The number of nitrogens with one attached hydrogen (secondary N) is 2. The Labute approximate surface area is 139 Å².